The van der Waals surface area contributed by atoms with Gasteiger partial charge >= 0.3 is 0 Å². The number of hydrogen-bond donors (Lipinski definition) is 3. The summed E-state index contributed by atoms with van der Waals surface area (Å²) in [4.78, 5) is 11.7. The van der Waals surface area contributed by atoms with E-state index in [1.54, 1.807) is 18.2 Å². The van der Waals surface area contributed by atoms with Crippen LogP contribution in [0.2, 0.25) is 0 Å². The first kappa shape index (κ1) is 17.5. The lowest BCUT2D eigenvalue weighted by Gasteiger charge is -2.13. The molecule has 0 aliphatic rings. The number of carbonyl (C=O) groups is 1. The minimum Gasteiger partial charge on any atom is -0.384 e. The van der Waals surface area contributed by atoms with Gasteiger partial charge in [0, 0.05) is 12.6 Å². The highest BCUT2D eigenvalue weighted by Crippen LogP contribution is 2.20. The van der Waals surface area contributed by atoms with E-state index in [2.05, 4.69) is 15.4 Å². The van der Waals surface area contributed by atoms with Gasteiger partial charge in [-0.1, -0.05) is 19.1 Å². The monoisotopic (exact) mass is 313 g/mol. The first-order valence-corrected chi connectivity index (χ1v) is 8.47. The predicted molar refractivity (Wildman–Crippen MR) is 83.7 cm³/mol. The van der Waals surface area contributed by atoms with Crippen molar-refractivity contribution in [1.29, 1.82) is 0 Å². The highest BCUT2D eigenvalue weighted by atomic mass is 32.2. The molecular formula is C14H23N3O3S. The molecule has 0 saturated heterocycles. The number of anilines is 1. The van der Waals surface area contributed by atoms with Crippen LogP contribution in [-0.4, -0.2) is 33.5 Å². The van der Waals surface area contributed by atoms with Gasteiger partial charge in [0.25, 0.3) is 0 Å². The number of rotatable bonds is 8. The van der Waals surface area contributed by atoms with E-state index in [0.29, 0.717) is 12.2 Å². The number of benzene rings is 1. The molecule has 3 N–H and O–H groups in total. The van der Waals surface area contributed by atoms with Crippen molar-refractivity contribution in [1.82, 2.24) is 10.0 Å². The molecule has 0 spiro atoms. The Kier molecular flexibility index (Phi) is 6.64. The van der Waals surface area contributed by atoms with Gasteiger partial charge in [0.05, 0.1) is 12.2 Å². The molecule has 0 aliphatic carbocycles. The maximum absolute atomic E-state index is 12.3. The molecule has 7 heteroatoms. The number of hydrogen-bond acceptors (Lipinski definition) is 4. The average Bonchev–Trinajstić information content (AvgIpc) is 2.42. The summed E-state index contributed by atoms with van der Waals surface area (Å²) in [6.07, 6.45) is 0.888. The molecule has 0 unspecified atom stereocenters. The molecule has 0 atom stereocenters. The fourth-order valence-corrected chi connectivity index (χ4v) is 2.88. The normalized spacial score (nSPS) is 11.4. The first-order chi connectivity index (χ1) is 9.86. The van der Waals surface area contributed by atoms with E-state index in [1.165, 1.54) is 6.07 Å². The van der Waals surface area contributed by atoms with Crippen LogP contribution in [-0.2, 0) is 14.8 Å². The second kappa shape index (κ2) is 7.99. The molecule has 6 nitrogen and oxygen atoms in total. The van der Waals surface area contributed by atoms with Crippen LogP contribution in [0, 0.1) is 0 Å². The summed E-state index contributed by atoms with van der Waals surface area (Å²) in [7, 11) is -3.73. The topological polar surface area (TPSA) is 87.3 Å². The van der Waals surface area contributed by atoms with Crippen LogP contribution < -0.4 is 15.4 Å². The van der Waals surface area contributed by atoms with Crippen LogP contribution in [0.4, 0.5) is 5.69 Å². The van der Waals surface area contributed by atoms with Crippen molar-refractivity contribution >= 4 is 21.6 Å². The third kappa shape index (κ3) is 5.73. The fraction of sp³-hybridized carbons (Fsp3) is 0.500. The van der Waals surface area contributed by atoms with Crippen LogP contribution in [0.25, 0.3) is 0 Å². The molecule has 0 heterocycles. The maximum atomic E-state index is 12.3. The van der Waals surface area contributed by atoms with Gasteiger partial charge in [-0.3, -0.25) is 4.79 Å². The third-order valence-electron chi connectivity index (χ3n) is 2.61. The van der Waals surface area contributed by atoms with Gasteiger partial charge in [0.15, 0.2) is 0 Å². The third-order valence-corrected chi connectivity index (χ3v) is 4.07. The van der Waals surface area contributed by atoms with Gasteiger partial charge < -0.3 is 10.6 Å². The van der Waals surface area contributed by atoms with E-state index in [-0.39, 0.29) is 23.4 Å². The Morgan fingerprint density at radius 2 is 1.90 bits per heavy atom. The lowest BCUT2D eigenvalue weighted by Crippen LogP contribution is -2.39. The Morgan fingerprint density at radius 1 is 1.24 bits per heavy atom. The highest BCUT2D eigenvalue weighted by Gasteiger charge is 2.19. The molecule has 0 saturated carbocycles. The van der Waals surface area contributed by atoms with Gasteiger partial charge in [-0.15, -0.1) is 0 Å². The smallest absolute Gasteiger partial charge is 0.243 e. The zero-order valence-corrected chi connectivity index (χ0v) is 13.5. The summed E-state index contributed by atoms with van der Waals surface area (Å²) < 4.78 is 26.9. The lowest BCUT2D eigenvalue weighted by molar-refractivity contribution is -0.120. The molecular weight excluding hydrogens is 290 g/mol. The quantitative estimate of drug-likeness (QED) is 0.675. The first-order valence-electron chi connectivity index (χ1n) is 6.98. The van der Waals surface area contributed by atoms with E-state index >= 15 is 0 Å². The minimum absolute atomic E-state index is 0.0273. The Balaban J connectivity index is 2.80. The highest BCUT2D eigenvalue weighted by molar-refractivity contribution is 7.89. The van der Waals surface area contributed by atoms with Gasteiger partial charge in [0.2, 0.25) is 15.9 Å². The summed E-state index contributed by atoms with van der Waals surface area (Å²) in [5.41, 5.74) is 0.538. The molecule has 0 radical (unpaired) electrons. The lowest BCUT2D eigenvalue weighted by atomic mass is 10.3. The summed E-state index contributed by atoms with van der Waals surface area (Å²) in [6, 6.07) is 6.61. The predicted octanol–water partition coefficient (Wildman–Crippen LogP) is 1.31. The van der Waals surface area contributed by atoms with E-state index < -0.39 is 10.0 Å². The van der Waals surface area contributed by atoms with Crippen LogP contribution in [0.1, 0.15) is 27.2 Å². The van der Waals surface area contributed by atoms with E-state index in [1.807, 2.05) is 20.8 Å². The van der Waals surface area contributed by atoms with Crippen molar-refractivity contribution in [2.45, 2.75) is 38.1 Å². The van der Waals surface area contributed by atoms with Gasteiger partial charge in [0.1, 0.15) is 4.90 Å². The standard InChI is InChI=1S/C14H23N3O3S/c1-4-9-15-12-7-5-6-8-13(12)21(19,20)16-10-14(18)17-11(2)3/h5-8,11,15-16H,4,9-10H2,1-3H3,(H,17,18). The van der Waals surface area contributed by atoms with Crippen LogP contribution in [0.5, 0.6) is 0 Å². The van der Waals surface area contributed by atoms with Gasteiger partial charge in [-0.2, -0.15) is 0 Å². The molecule has 1 amide bonds. The van der Waals surface area contributed by atoms with Gasteiger partial charge in [-0.25, -0.2) is 13.1 Å². The molecule has 1 aromatic rings. The summed E-state index contributed by atoms with van der Waals surface area (Å²) >= 11 is 0. The Bertz CT molecular complexity index is 571. The average molecular weight is 313 g/mol. The van der Waals surface area contributed by atoms with E-state index in [0.717, 1.165) is 6.42 Å². The fourth-order valence-electron chi connectivity index (χ4n) is 1.72. The second-order valence-corrected chi connectivity index (χ2v) is 6.71. The van der Waals surface area contributed by atoms with Gasteiger partial charge in [-0.05, 0) is 32.4 Å². The van der Waals surface area contributed by atoms with E-state index in [4.69, 9.17) is 0 Å². The van der Waals surface area contributed by atoms with E-state index in [9.17, 15) is 13.2 Å². The zero-order valence-electron chi connectivity index (χ0n) is 12.6. The zero-order chi connectivity index (χ0) is 15.9. The van der Waals surface area contributed by atoms with Crippen LogP contribution >= 0.6 is 0 Å². The number of nitrogens with one attached hydrogen (secondary N) is 3. The van der Waals surface area contributed by atoms with Crippen molar-refractivity contribution in [2.75, 3.05) is 18.4 Å². The van der Waals surface area contributed by atoms with Crippen LogP contribution in [0.15, 0.2) is 29.2 Å². The number of carbonyl (C=O) groups excluding carboxylic acids is 1. The molecule has 0 aliphatic heterocycles. The summed E-state index contributed by atoms with van der Waals surface area (Å²) in [5.74, 6) is -0.354. The van der Waals surface area contributed by atoms with Crippen molar-refractivity contribution in [3.05, 3.63) is 24.3 Å². The Morgan fingerprint density at radius 3 is 2.52 bits per heavy atom. The molecule has 1 rings (SSSR count). The second-order valence-electron chi connectivity index (χ2n) is 4.97. The van der Waals surface area contributed by atoms with Crippen molar-refractivity contribution in [3.63, 3.8) is 0 Å². The summed E-state index contributed by atoms with van der Waals surface area (Å²) in [6.45, 7) is 6.04. The SMILES string of the molecule is CCCNc1ccccc1S(=O)(=O)NCC(=O)NC(C)C. The Labute approximate surface area is 126 Å². The molecule has 1 aromatic carbocycles. The molecule has 0 fully saturated rings. The maximum Gasteiger partial charge on any atom is 0.243 e. The molecule has 21 heavy (non-hydrogen) atoms. The minimum atomic E-state index is -3.73. The number of sulfonamides is 1. The largest absolute Gasteiger partial charge is 0.384 e. The number of para-hydroxylation sites is 1. The molecule has 118 valence electrons. The van der Waals surface area contributed by atoms with Crippen molar-refractivity contribution < 1.29 is 13.2 Å². The van der Waals surface area contributed by atoms with Crippen LogP contribution in [0.3, 0.4) is 0 Å². The van der Waals surface area contributed by atoms with Crippen molar-refractivity contribution in [3.8, 4) is 0 Å². The Hall–Kier alpha value is -1.60. The molecule has 0 bridgehead atoms. The molecule has 0 aromatic heterocycles. The summed E-state index contributed by atoms with van der Waals surface area (Å²) in [5, 5.41) is 5.70. The van der Waals surface area contributed by atoms with Crippen molar-refractivity contribution in [2.24, 2.45) is 0 Å². The number of amides is 1.